The molecular weight excluding hydrogens is 566 g/mol. The Balaban J connectivity index is 1.14. The summed E-state index contributed by atoms with van der Waals surface area (Å²) >= 11 is 0. The minimum Gasteiger partial charge on any atom is -0.447 e. The topological polar surface area (TPSA) is 108 Å². The van der Waals surface area contributed by atoms with Gasteiger partial charge in [0.05, 0.1) is 18.2 Å². The zero-order valence-electron chi connectivity index (χ0n) is 25.8. The molecule has 3 aromatic rings. The molecule has 2 saturated carbocycles. The van der Waals surface area contributed by atoms with Crippen LogP contribution in [0.2, 0.25) is 0 Å². The Morgan fingerprint density at radius 2 is 1.69 bits per heavy atom. The van der Waals surface area contributed by atoms with Crippen LogP contribution in [0.1, 0.15) is 60.5 Å². The summed E-state index contributed by atoms with van der Waals surface area (Å²) in [6.07, 6.45) is 4.60. The van der Waals surface area contributed by atoms with Crippen molar-refractivity contribution in [3.63, 3.8) is 0 Å². The summed E-state index contributed by atoms with van der Waals surface area (Å²) in [6, 6.07) is 26.0. The van der Waals surface area contributed by atoms with Gasteiger partial charge in [-0.25, -0.2) is 4.79 Å². The van der Waals surface area contributed by atoms with Crippen molar-refractivity contribution in [2.24, 2.45) is 17.8 Å². The highest BCUT2D eigenvalue weighted by Gasteiger charge is 2.41. The van der Waals surface area contributed by atoms with Crippen LogP contribution in [0.25, 0.3) is 0 Å². The van der Waals surface area contributed by atoms with Crippen molar-refractivity contribution >= 4 is 23.6 Å². The third-order valence-corrected chi connectivity index (χ3v) is 9.85. The number of amides is 3. The molecule has 1 aliphatic heterocycles. The van der Waals surface area contributed by atoms with Crippen molar-refractivity contribution in [2.45, 2.75) is 76.1 Å². The fourth-order valence-corrected chi connectivity index (χ4v) is 7.39. The average Bonchev–Trinajstić information content (AvgIpc) is 3.78. The molecule has 3 N–H and O–H groups in total. The summed E-state index contributed by atoms with van der Waals surface area (Å²) in [4.78, 5) is 41.1. The Hall–Kier alpha value is -4.17. The first-order chi connectivity index (χ1) is 21.8. The lowest BCUT2D eigenvalue weighted by Gasteiger charge is -2.28. The van der Waals surface area contributed by atoms with Gasteiger partial charge in [0.2, 0.25) is 5.91 Å². The minimum absolute atomic E-state index is 0.0355. The highest BCUT2D eigenvalue weighted by molar-refractivity contribution is 5.97. The van der Waals surface area contributed by atoms with Gasteiger partial charge in [-0.1, -0.05) is 80.1 Å². The van der Waals surface area contributed by atoms with Gasteiger partial charge >= 0.3 is 6.09 Å². The van der Waals surface area contributed by atoms with Gasteiger partial charge in [0.25, 0.3) is 5.91 Å². The Morgan fingerprint density at radius 1 is 0.956 bits per heavy atom. The number of carbonyl (C=O) groups is 3. The quantitative estimate of drug-likeness (QED) is 0.259. The maximum absolute atomic E-state index is 13.7. The number of fused-ring (bicyclic) bond motifs is 2. The fourth-order valence-electron chi connectivity index (χ4n) is 7.39. The van der Waals surface area contributed by atoms with Crippen molar-refractivity contribution in [3.05, 3.63) is 102 Å². The molecule has 7 atom stereocenters. The molecule has 1 saturated heterocycles. The molecular formula is C37H43N3O5. The first-order valence-electron chi connectivity index (χ1n) is 16.3. The van der Waals surface area contributed by atoms with E-state index < -0.39 is 24.2 Å². The SMILES string of the molecule is CC(CC(O)C(Cc1ccccc1)NC(=O)c1cccc(N2C(=O)OCC2Cc2ccccc2)c1)C(=O)NC1CC2CCC1C2. The van der Waals surface area contributed by atoms with Gasteiger partial charge < -0.3 is 20.5 Å². The lowest BCUT2D eigenvalue weighted by Crippen LogP contribution is -2.47. The molecule has 3 aliphatic rings. The number of aliphatic hydroxyl groups excluding tert-OH is 1. The number of anilines is 1. The normalized spacial score (nSPS) is 24.1. The number of carbonyl (C=O) groups excluding carboxylic acids is 3. The number of nitrogens with one attached hydrogen (secondary N) is 2. The van der Waals surface area contributed by atoms with E-state index in [1.807, 2.05) is 67.6 Å². The molecule has 0 spiro atoms. The third kappa shape index (κ3) is 7.39. The summed E-state index contributed by atoms with van der Waals surface area (Å²) in [5.41, 5.74) is 3.02. The van der Waals surface area contributed by atoms with Crippen LogP contribution in [-0.4, -0.2) is 53.9 Å². The van der Waals surface area contributed by atoms with Crippen LogP contribution in [0, 0.1) is 17.8 Å². The van der Waals surface area contributed by atoms with Crippen molar-refractivity contribution in [3.8, 4) is 0 Å². The van der Waals surface area contributed by atoms with E-state index in [4.69, 9.17) is 4.74 Å². The Bertz CT molecular complexity index is 1480. The average molecular weight is 610 g/mol. The minimum atomic E-state index is -0.943. The van der Waals surface area contributed by atoms with Gasteiger partial charge in [-0.3, -0.25) is 14.5 Å². The number of aliphatic hydroxyl groups is 1. The van der Waals surface area contributed by atoms with Crippen LogP contribution in [0.3, 0.4) is 0 Å². The molecule has 8 heteroatoms. The fraction of sp³-hybridized carbons (Fsp3) is 0.432. The number of hydrogen-bond donors (Lipinski definition) is 3. The van der Waals surface area contributed by atoms with Crippen molar-refractivity contribution in [2.75, 3.05) is 11.5 Å². The summed E-state index contributed by atoms with van der Waals surface area (Å²) in [5, 5.41) is 17.7. The molecule has 8 nitrogen and oxygen atoms in total. The summed E-state index contributed by atoms with van der Waals surface area (Å²) in [7, 11) is 0. The molecule has 1 heterocycles. The van der Waals surface area contributed by atoms with Crippen LogP contribution in [-0.2, 0) is 22.4 Å². The van der Waals surface area contributed by atoms with Gasteiger partial charge in [-0.2, -0.15) is 0 Å². The van der Waals surface area contributed by atoms with Crippen LogP contribution in [0.4, 0.5) is 10.5 Å². The molecule has 6 rings (SSSR count). The highest BCUT2D eigenvalue weighted by Crippen LogP contribution is 2.44. The number of cyclic esters (lactones) is 1. The molecule has 45 heavy (non-hydrogen) atoms. The first-order valence-corrected chi connectivity index (χ1v) is 16.3. The molecule has 0 radical (unpaired) electrons. The second kappa shape index (κ2) is 13.9. The molecule has 2 bridgehead atoms. The first kappa shape index (κ1) is 30.8. The lowest BCUT2D eigenvalue weighted by molar-refractivity contribution is -0.126. The van der Waals surface area contributed by atoms with Crippen LogP contribution in [0.15, 0.2) is 84.9 Å². The number of ether oxygens (including phenoxy) is 1. The second-order valence-electron chi connectivity index (χ2n) is 13.1. The number of hydrogen-bond acceptors (Lipinski definition) is 5. The molecule has 3 aromatic carbocycles. The lowest BCUT2D eigenvalue weighted by atomic mass is 9.92. The summed E-state index contributed by atoms with van der Waals surface area (Å²) < 4.78 is 5.40. The van der Waals surface area contributed by atoms with Crippen molar-refractivity contribution < 1.29 is 24.2 Å². The second-order valence-corrected chi connectivity index (χ2v) is 13.1. The standard InChI is InChI=1S/C37H43N3O5/c1-24(35(42)38-32-21-27-15-16-28(32)18-27)17-34(41)33(20-26-11-6-3-7-12-26)39-36(43)29-13-8-14-30(22-29)40-31(23-45-37(40)44)19-25-9-4-2-5-10-25/h2-14,22,24,27-28,31-34,41H,15-21,23H2,1H3,(H,38,42)(H,39,43). The Kier molecular flexibility index (Phi) is 9.50. The van der Waals surface area contributed by atoms with Gasteiger partial charge in [-0.15, -0.1) is 0 Å². The maximum Gasteiger partial charge on any atom is 0.414 e. The van der Waals surface area contributed by atoms with Gasteiger partial charge in [0.1, 0.15) is 6.61 Å². The molecule has 2 aliphatic carbocycles. The van der Waals surface area contributed by atoms with E-state index in [2.05, 4.69) is 10.6 Å². The van der Waals surface area contributed by atoms with Crippen molar-refractivity contribution in [1.82, 2.24) is 10.6 Å². The predicted octanol–water partition coefficient (Wildman–Crippen LogP) is 5.29. The van der Waals surface area contributed by atoms with Crippen molar-refractivity contribution in [1.29, 1.82) is 0 Å². The van der Waals surface area contributed by atoms with Crippen LogP contribution in [0.5, 0.6) is 0 Å². The molecule has 0 aromatic heterocycles. The zero-order valence-corrected chi connectivity index (χ0v) is 25.8. The van der Waals surface area contributed by atoms with E-state index in [1.165, 1.54) is 19.3 Å². The maximum atomic E-state index is 13.7. The van der Waals surface area contributed by atoms with Gasteiger partial charge in [-0.05, 0) is 79.7 Å². The van der Waals surface area contributed by atoms with Gasteiger partial charge in [0.15, 0.2) is 0 Å². The largest absolute Gasteiger partial charge is 0.447 e. The monoisotopic (exact) mass is 609 g/mol. The Labute approximate surface area is 265 Å². The molecule has 3 amide bonds. The summed E-state index contributed by atoms with van der Waals surface area (Å²) in [6.45, 7) is 2.11. The highest BCUT2D eigenvalue weighted by atomic mass is 16.6. The van der Waals surface area contributed by atoms with Gasteiger partial charge in [0, 0.05) is 23.2 Å². The predicted molar refractivity (Wildman–Crippen MR) is 173 cm³/mol. The molecule has 7 unspecified atom stereocenters. The smallest absolute Gasteiger partial charge is 0.414 e. The number of rotatable bonds is 12. The van der Waals surface area contributed by atoms with Crippen LogP contribution < -0.4 is 15.5 Å². The number of nitrogens with zero attached hydrogens (tertiary/aromatic N) is 1. The number of benzene rings is 3. The zero-order chi connectivity index (χ0) is 31.3. The third-order valence-electron chi connectivity index (χ3n) is 9.85. The van der Waals surface area contributed by atoms with E-state index in [0.717, 1.165) is 23.5 Å². The van der Waals surface area contributed by atoms with E-state index in [1.54, 1.807) is 29.2 Å². The molecule has 236 valence electrons. The van der Waals surface area contributed by atoms with E-state index >= 15 is 0 Å². The summed E-state index contributed by atoms with van der Waals surface area (Å²) in [5.74, 6) is 0.513. The van der Waals surface area contributed by atoms with E-state index in [-0.39, 0.29) is 36.9 Å². The Morgan fingerprint density at radius 3 is 2.38 bits per heavy atom. The van der Waals surface area contributed by atoms with Crippen LogP contribution >= 0.6 is 0 Å². The van der Waals surface area contributed by atoms with E-state index in [0.29, 0.717) is 30.0 Å². The van der Waals surface area contributed by atoms with E-state index in [9.17, 15) is 19.5 Å². The molecule has 3 fully saturated rings.